The summed E-state index contributed by atoms with van der Waals surface area (Å²) in [5.41, 5.74) is 7.39. The molecule has 6 heteroatoms. The van der Waals surface area contributed by atoms with Crippen molar-refractivity contribution >= 4 is 51.8 Å². The van der Waals surface area contributed by atoms with Crippen molar-refractivity contribution in [3.05, 3.63) is 57.8 Å². The lowest BCUT2D eigenvalue weighted by Gasteiger charge is -2.11. The summed E-state index contributed by atoms with van der Waals surface area (Å²) in [5.74, 6) is -0.398. The zero-order chi connectivity index (χ0) is 14.0. The average Bonchev–Trinajstić information content (AvgIpc) is 2.34. The summed E-state index contributed by atoms with van der Waals surface area (Å²) in [6.45, 7) is 0. The number of hydrogen-bond acceptors (Lipinski definition) is 2. The zero-order valence-electron chi connectivity index (χ0n) is 9.58. The molecule has 0 bridgehead atoms. The maximum atomic E-state index is 12.9. The Hall–Kier alpha value is -1.36. The summed E-state index contributed by atoms with van der Waals surface area (Å²) < 4.78 is 12.9. The quantitative estimate of drug-likeness (QED) is 0.819. The second kappa shape index (κ2) is 5.74. The summed E-state index contributed by atoms with van der Waals surface area (Å²) >= 11 is 16.9. The maximum absolute atomic E-state index is 12.9. The molecule has 0 unspecified atom stereocenters. The molecule has 0 saturated heterocycles. The van der Waals surface area contributed by atoms with Crippen LogP contribution in [-0.2, 0) is 0 Å². The minimum Gasteiger partial charge on any atom is -0.389 e. The molecule has 3 N–H and O–H groups in total. The Labute approximate surface area is 125 Å². The molecule has 98 valence electrons. The Balaban J connectivity index is 2.31. The number of benzene rings is 2. The Bertz CT molecular complexity index is 647. The van der Waals surface area contributed by atoms with Gasteiger partial charge in [0.2, 0.25) is 0 Å². The van der Waals surface area contributed by atoms with Crippen molar-refractivity contribution in [2.45, 2.75) is 0 Å². The normalized spacial score (nSPS) is 10.3. The fourth-order valence-electron chi connectivity index (χ4n) is 1.51. The predicted octanol–water partition coefficient (Wildman–Crippen LogP) is 4.51. The van der Waals surface area contributed by atoms with E-state index in [2.05, 4.69) is 5.32 Å². The van der Waals surface area contributed by atoms with Crippen molar-refractivity contribution < 1.29 is 4.39 Å². The van der Waals surface area contributed by atoms with Crippen LogP contribution in [-0.4, -0.2) is 4.99 Å². The first-order valence-electron chi connectivity index (χ1n) is 5.29. The fourth-order valence-corrected chi connectivity index (χ4v) is 2.07. The predicted molar refractivity (Wildman–Crippen MR) is 82.0 cm³/mol. The number of rotatable bonds is 3. The van der Waals surface area contributed by atoms with Gasteiger partial charge in [-0.2, -0.15) is 0 Å². The lowest BCUT2D eigenvalue weighted by molar-refractivity contribution is 0.628. The van der Waals surface area contributed by atoms with E-state index in [4.69, 9.17) is 41.2 Å². The summed E-state index contributed by atoms with van der Waals surface area (Å²) in [5, 5.41) is 3.74. The van der Waals surface area contributed by atoms with Crippen molar-refractivity contribution in [2.75, 3.05) is 5.32 Å². The van der Waals surface area contributed by atoms with Gasteiger partial charge in [0.1, 0.15) is 10.8 Å². The third-order valence-corrected chi connectivity index (χ3v) is 3.32. The van der Waals surface area contributed by atoms with E-state index in [1.165, 1.54) is 18.2 Å². The summed E-state index contributed by atoms with van der Waals surface area (Å²) in [4.78, 5) is 0.272. The van der Waals surface area contributed by atoms with Crippen LogP contribution in [0.5, 0.6) is 0 Å². The van der Waals surface area contributed by atoms with Crippen LogP contribution in [0.1, 0.15) is 5.56 Å². The van der Waals surface area contributed by atoms with Gasteiger partial charge in [-0.3, -0.25) is 0 Å². The van der Waals surface area contributed by atoms with E-state index in [1.54, 1.807) is 18.2 Å². The molecule has 19 heavy (non-hydrogen) atoms. The molecule has 2 rings (SSSR count). The van der Waals surface area contributed by atoms with Crippen LogP contribution in [0.15, 0.2) is 36.4 Å². The van der Waals surface area contributed by atoms with Gasteiger partial charge in [-0.1, -0.05) is 35.4 Å². The third kappa shape index (κ3) is 3.35. The van der Waals surface area contributed by atoms with Gasteiger partial charge in [0, 0.05) is 5.56 Å². The van der Waals surface area contributed by atoms with E-state index in [1.807, 2.05) is 0 Å². The van der Waals surface area contributed by atoms with Crippen LogP contribution in [0.25, 0.3) is 0 Å². The van der Waals surface area contributed by atoms with Crippen molar-refractivity contribution in [2.24, 2.45) is 5.73 Å². The minimum absolute atomic E-state index is 0.272. The molecular formula is C13H9Cl2FN2S. The highest BCUT2D eigenvalue weighted by molar-refractivity contribution is 7.80. The number of thiocarbonyl (C=S) groups is 1. The molecule has 0 saturated carbocycles. The van der Waals surface area contributed by atoms with Crippen LogP contribution in [0, 0.1) is 5.82 Å². The molecule has 0 spiro atoms. The maximum Gasteiger partial charge on any atom is 0.124 e. The molecule has 0 amide bonds. The van der Waals surface area contributed by atoms with Gasteiger partial charge >= 0.3 is 0 Å². The van der Waals surface area contributed by atoms with Crippen LogP contribution in [0.3, 0.4) is 0 Å². The highest BCUT2D eigenvalue weighted by atomic mass is 35.5. The van der Waals surface area contributed by atoms with Gasteiger partial charge < -0.3 is 11.1 Å². The van der Waals surface area contributed by atoms with Crippen LogP contribution >= 0.6 is 35.4 Å². The summed E-state index contributed by atoms with van der Waals surface area (Å²) in [7, 11) is 0. The second-order valence-electron chi connectivity index (χ2n) is 3.81. The molecule has 0 radical (unpaired) electrons. The lowest BCUT2D eigenvalue weighted by Crippen LogP contribution is -2.09. The van der Waals surface area contributed by atoms with E-state index in [0.717, 1.165) is 0 Å². The number of anilines is 2. The molecule has 2 nitrogen and oxygen atoms in total. The zero-order valence-corrected chi connectivity index (χ0v) is 11.9. The van der Waals surface area contributed by atoms with Gasteiger partial charge in [-0.05, 0) is 36.4 Å². The van der Waals surface area contributed by atoms with Crippen LogP contribution < -0.4 is 11.1 Å². The molecule has 0 heterocycles. The van der Waals surface area contributed by atoms with E-state index in [9.17, 15) is 4.39 Å². The standard InChI is InChI=1S/C13H9Cl2FN2S/c14-9-5-7(13(17)19)1-3-11(9)18-12-4-2-8(16)6-10(12)15/h1-6,18H,(H2,17,19). The molecule has 2 aromatic rings. The Morgan fingerprint density at radius 1 is 1.05 bits per heavy atom. The average molecular weight is 315 g/mol. The van der Waals surface area contributed by atoms with Crippen molar-refractivity contribution in [3.8, 4) is 0 Å². The number of nitrogens with two attached hydrogens (primary N) is 1. The topological polar surface area (TPSA) is 38.0 Å². The minimum atomic E-state index is -0.398. The Morgan fingerprint density at radius 3 is 2.16 bits per heavy atom. The molecule has 0 aromatic heterocycles. The first-order chi connectivity index (χ1) is 8.97. The smallest absolute Gasteiger partial charge is 0.124 e. The van der Waals surface area contributed by atoms with Gasteiger partial charge in [-0.25, -0.2) is 4.39 Å². The number of nitrogens with one attached hydrogen (secondary N) is 1. The monoisotopic (exact) mass is 314 g/mol. The van der Waals surface area contributed by atoms with Gasteiger partial charge in [0.25, 0.3) is 0 Å². The molecule has 0 fully saturated rings. The summed E-state index contributed by atoms with van der Waals surface area (Å²) in [6.07, 6.45) is 0. The van der Waals surface area contributed by atoms with Crippen molar-refractivity contribution in [3.63, 3.8) is 0 Å². The van der Waals surface area contributed by atoms with Gasteiger partial charge in [0.15, 0.2) is 0 Å². The van der Waals surface area contributed by atoms with Gasteiger partial charge in [-0.15, -0.1) is 0 Å². The van der Waals surface area contributed by atoms with E-state index in [0.29, 0.717) is 22.0 Å². The molecular weight excluding hydrogens is 306 g/mol. The molecule has 2 aromatic carbocycles. The van der Waals surface area contributed by atoms with Crippen LogP contribution in [0.4, 0.5) is 15.8 Å². The summed E-state index contributed by atoms with van der Waals surface area (Å²) in [6, 6.07) is 9.20. The Morgan fingerprint density at radius 2 is 1.63 bits per heavy atom. The molecule has 0 aliphatic rings. The Kier molecular flexibility index (Phi) is 4.24. The second-order valence-corrected chi connectivity index (χ2v) is 5.06. The van der Waals surface area contributed by atoms with Crippen LogP contribution in [0.2, 0.25) is 10.0 Å². The number of hydrogen-bond donors (Lipinski definition) is 2. The lowest BCUT2D eigenvalue weighted by atomic mass is 10.2. The van der Waals surface area contributed by atoms with E-state index < -0.39 is 5.82 Å². The van der Waals surface area contributed by atoms with E-state index in [-0.39, 0.29) is 10.0 Å². The van der Waals surface area contributed by atoms with Crippen molar-refractivity contribution in [1.29, 1.82) is 0 Å². The third-order valence-electron chi connectivity index (χ3n) is 2.45. The van der Waals surface area contributed by atoms with Gasteiger partial charge in [0.05, 0.1) is 21.4 Å². The van der Waals surface area contributed by atoms with E-state index >= 15 is 0 Å². The number of halogens is 3. The highest BCUT2D eigenvalue weighted by Crippen LogP contribution is 2.30. The fraction of sp³-hybridized carbons (Fsp3) is 0. The molecule has 0 aliphatic carbocycles. The van der Waals surface area contributed by atoms with Crippen molar-refractivity contribution in [1.82, 2.24) is 0 Å². The molecule has 0 atom stereocenters. The first kappa shape index (κ1) is 14.1. The largest absolute Gasteiger partial charge is 0.389 e. The first-order valence-corrected chi connectivity index (χ1v) is 6.45. The molecule has 0 aliphatic heterocycles. The SMILES string of the molecule is NC(=S)c1ccc(Nc2ccc(F)cc2Cl)c(Cl)c1. The highest BCUT2D eigenvalue weighted by Gasteiger charge is 2.07.